The third kappa shape index (κ3) is 4.37. The van der Waals surface area contributed by atoms with Crippen molar-refractivity contribution in [3.05, 3.63) is 77.7 Å². The number of sulfonamides is 1. The predicted molar refractivity (Wildman–Crippen MR) is 103 cm³/mol. The van der Waals surface area contributed by atoms with Crippen LogP contribution in [0, 0.1) is 13.8 Å². The Morgan fingerprint density at radius 3 is 2.54 bits per heavy atom. The molecule has 26 heavy (non-hydrogen) atoms. The Labute approximate surface area is 153 Å². The van der Waals surface area contributed by atoms with E-state index in [2.05, 4.69) is 20.0 Å². The molecule has 0 bridgehead atoms. The van der Waals surface area contributed by atoms with Crippen molar-refractivity contribution in [3.63, 3.8) is 0 Å². The van der Waals surface area contributed by atoms with Gasteiger partial charge in [-0.2, -0.15) is 0 Å². The summed E-state index contributed by atoms with van der Waals surface area (Å²) in [7, 11) is -3.67. The van der Waals surface area contributed by atoms with Crippen molar-refractivity contribution < 1.29 is 8.42 Å². The molecule has 0 aliphatic heterocycles. The van der Waals surface area contributed by atoms with Gasteiger partial charge in [0, 0.05) is 18.9 Å². The van der Waals surface area contributed by atoms with E-state index >= 15 is 0 Å². The zero-order valence-corrected chi connectivity index (χ0v) is 15.4. The Hall–Kier alpha value is -2.93. The summed E-state index contributed by atoms with van der Waals surface area (Å²) < 4.78 is 27.6. The van der Waals surface area contributed by atoms with Crippen LogP contribution in [-0.2, 0) is 16.6 Å². The second-order valence-electron chi connectivity index (χ2n) is 6.02. The zero-order valence-electron chi connectivity index (χ0n) is 14.6. The topological polar surface area (TPSA) is 84.0 Å². The molecule has 0 radical (unpaired) electrons. The Kier molecular flexibility index (Phi) is 5.18. The minimum atomic E-state index is -3.67. The molecule has 0 atom stereocenters. The first-order valence-corrected chi connectivity index (χ1v) is 9.61. The third-order valence-electron chi connectivity index (χ3n) is 3.84. The van der Waals surface area contributed by atoms with Crippen LogP contribution >= 0.6 is 0 Å². The monoisotopic (exact) mass is 368 g/mol. The van der Waals surface area contributed by atoms with Crippen molar-refractivity contribution in [1.82, 2.24) is 9.97 Å². The van der Waals surface area contributed by atoms with Gasteiger partial charge in [-0.25, -0.2) is 13.4 Å². The highest BCUT2D eigenvalue weighted by Gasteiger charge is 2.17. The van der Waals surface area contributed by atoms with Gasteiger partial charge < -0.3 is 5.32 Å². The van der Waals surface area contributed by atoms with Crippen LogP contribution < -0.4 is 10.0 Å². The summed E-state index contributed by atoms with van der Waals surface area (Å²) in [5.41, 5.74) is 3.56. The van der Waals surface area contributed by atoms with Crippen LogP contribution in [0.5, 0.6) is 0 Å². The summed E-state index contributed by atoms with van der Waals surface area (Å²) in [5, 5.41) is 3.22. The average molecular weight is 368 g/mol. The second-order valence-corrected chi connectivity index (χ2v) is 7.67. The summed E-state index contributed by atoms with van der Waals surface area (Å²) in [4.78, 5) is 8.49. The second kappa shape index (κ2) is 7.53. The van der Waals surface area contributed by atoms with Crippen molar-refractivity contribution in [2.24, 2.45) is 0 Å². The molecule has 134 valence electrons. The van der Waals surface area contributed by atoms with Crippen molar-refractivity contribution in [1.29, 1.82) is 0 Å². The summed E-state index contributed by atoms with van der Waals surface area (Å²) in [5.74, 6) is 0.275. The van der Waals surface area contributed by atoms with Crippen molar-refractivity contribution >= 4 is 21.5 Å². The molecular weight excluding hydrogens is 348 g/mol. The molecule has 0 spiro atoms. The van der Waals surface area contributed by atoms with Crippen LogP contribution in [0.25, 0.3) is 0 Å². The van der Waals surface area contributed by atoms with Gasteiger partial charge in [0.05, 0.1) is 16.8 Å². The Morgan fingerprint density at radius 2 is 1.88 bits per heavy atom. The predicted octanol–water partition coefficient (Wildman–Crippen LogP) is 3.51. The van der Waals surface area contributed by atoms with Gasteiger partial charge in [0.1, 0.15) is 5.82 Å². The van der Waals surface area contributed by atoms with E-state index in [1.807, 2.05) is 25.1 Å². The highest BCUT2D eigenvalue weighted by atomic mass is 32.2. The molecule has 2 heterocycles. The Bertz CT molecular complexity index is 988. The lowest BCUT2D eigenvalue weighted by Crippen LogP contribution is -2.15. The zero-order chi connectivity index (χ0) is 18.6. The molecule has 0 unspecified atom stereocenters. The Balaban J connectivity index is 1.68. The lowest BCUT2D eigenvalue weighted by Gasteiger charge is -2.11. The third-order valence-corrected chi connectivity index (χ3v) is 5.36. The van der Waals surface area contributed by atoms with Crippen molar-refractivity contribution in [2.45, 2.75) is 25.3 Å². The van der Waals surface area contributed by atoms with Crippen molar-refractivity contribution in [3.8, 4) is 0 Å². The van der Waals surface area contributed by atoms with E-state index in [1.165, 1.54) is 0 Å². The molecule has 2 N–H and O–H groups in total. The summed E-state index contributed by atoms with van der Waals surface area (Å²) in [6, 6.07) is 12.5. The van der Waals surface area contributed by atoms with E-state index in [1.54, 1.807) is 49.8 Å². The number of pyridine rings is 2. The number of nitrogens with one attached hydrogen (secondary N) is 2. The number of anilines is 2. The van der Waals surface area contributed by atoms with Crippen molar-refractivity contribution in [2.75, 3.05) is 10.0 Å². The number of hydrogen-bond donors (Lipinski definition) is 2. The number of benzene rings is 1. The number of nitrogens with zero attached hydrogens (tertiary/aromatic N) is 2. The molecule has 1 aromatic carbocycles. The summed E-state index contributed by atoms with van der Waals surface area (Å²) in [6.07, 6.45) is 5.10. The first kappa shape index (κ1) is 17.9. The van der Waals surface area contributed by atoms with Crippen LogP contribution in [0.2, 0.25) is 0 Å². The molecular formula is C19H20N4O2S. The van der Waals surface area contributed by atoms with E-state index in [9.17, 15) is 8.42 Å². The molecule has 2 aromatic heterocycles. The maximum Gasteiger partial charge on any atom is 0.263 e. The van der Waals surface area contributed by atoms with E-state index in [-0.39, 0.29) is 10.7 Å². The Morgan fingerprint density at radius 1 is 1.04 bits per heavy atom. The standard InChI is InChI=1S/C19H20N4O2S/c1-14-5-7-18(15(2)10-14)26(24,25)23-19-8-6-17(13-22-19)21-12-16-4-3-9-20-11-16/h3-11,13,21H,12H2,1-2H3,(H,22,23). The van der Waals surface area contributed by atoms with Gasteiger partial charge in [0.2, 0.25) is 0 Å². The molecule has 6 nitrogen and oxygen atoms in total. The molecule has 3 rings (SSSR count). The molecule has 0 fully saturated rings. The molecule has 0 aliphatic carbocycles. The largest absolute Gasteiger partial charge is 0.380 e. The smallest absolute Gasteiger partial charge is 0.263 e. The number of rotatable bonds is 6. The molecule has 0 aliphatic rings. The lowest BCUT2D eigenvalue weighted by atomic mass is 10.2. The van der Waals surface area contributed by atoms with Gasteiger partial charge in [0.15, 0.2) is 0 Å². The molecule has 7 heteroatoms. The van der Waals surface area contributed by atoms with Crippen LogP contribution in [0.15, 0.2) is 66.0 Å². The maximum absolute atomic E-state index is 12.6. The fraction of sp³-hybridized carbons (Fsp3) is 0.158. The van der Waals surface area contributed by atoms with Crippen LogP contribution in [0.4, 0.5) is 11.5 Å². The molecule has 0 saturated carbocycles. The number of aryl methyl sites for hydroxylation is 2. The van der Waals surface area contributed by atoms with Gasteiger partial charge in [-0.3, -0.25) is 9.71 Å². The van der Waals surface area contributed by atoms with Crippen LogP contribution in [-0.4, -0.2) is 18.4 Å². The summed E-state index contributed by atoms with van der Waals surface area (Å²) in [6.45, 7) is 4.32. The SMILES string of the molecule is Cc1ccc(S(=O)(=O)Nc2ccc(NCc3cccnc3)cn2)c(C)c1. The number of hydrogen-bond acceptors (Lipinski definition) is 5. The quantitative estimate of drug-likeness (QED) is 0.696. The molecule has 0 amide bonds. The van der Waals surface area contributed by atoms with E-state index < -0.39 is 10.0 Å². The van der Waals surface area contributed by atoms with Gasteiger partial charge in [-0.1, -0.05) is 23.8 Å². The minimum Gasteiger partial charge on any atom is -0.380 e. The van der Waals surface area contributed by atoms with E-state index in [0.29, 0.717) is 12.1 Å². The van der Waals surface area contributed by atoms with Gasteiger partial charge in [-0.15, -0.1) is 0 Å². The fourth-order valence-electron chi connectivity index (χ4n) is 2.56. The minimum absolute atomic E-state index is 0.253. The normalized spacial score (nSPS) is 11.2. The first-order valence-electron chi connectivity index (χ1n) is 8.13. The van der Waals surface area contributed by atoms with Gasteiger partial charge >= 0.3 is 0 Å². The highest BCUT2D eigenvalue weighted by Crippen LogP contribution is 2.20. The van der Waals surface area contributed by atoms with Gasteiger partial charge in [0.25, 0.3) is 10.0 Å². The average Bonchev–Trinajstić information content (AvgIpc) is 2.61. The maximum atomic E-state index is 12.6. The summed E-state index contributed by atoms with van der Waals surface area (Å²) >= 11 is 0. The first-order chi connectivity index (χ1) is 12.4. The van der Waals surface area contributed by atoms with E-state index in [4.69, 9.17) is 0 Å². The fourth-order valence-corrected chi connectivity index (χ4v) is 3.80. The lowest BCUT2D eigenvalue weighted by molar-refractivity contribution is 0.600. The molecule has 0 saturated heterocycles. The highest BCUT2D eigenvalue weighted by molar-refractivity contribution is 7.92. The number of aromatic nitrogens is 2. The molecule has 3 aromatic rings. The van der Waals surface area contributed by atoms with Gasteiger partial charge in [-0.05, 0) is 49.2 Å². The van der Waals surface area contributed by atoms with Crippen LogP contribution in [0.1, 0.15) is 16.7 Å². The van der Waals surface area contributed by atoms with Crippen LogP contribution in [0.3, 0.4) is 0 Å². The van der Waals surface area contributed by atoms with E-state index in [0.717, 1.165) is 16.8 Å².